The predicted octanol–water partition coefficient (Wildman–Crippen LogP) is 4.76. The van der Waals surface area contributed by atoms with Crippen LogP contribution in [0.3, 0.4) is 0 Å². The molecule has 2 aromatic rings. The molecule has 1 aliphatic heterocycles. The van der Waals surface area contributed by atoms with Crippen molar-refractivity contribution in [1.82, 2.24) is 4.90 Å². The molecule has 3 rings (SSSR count). The zero-order valence-electron chi connectivity index (χ0n) is 15.2. The zero-order valence-corrected chi connectivity index (χ0v) is 16.0. The molecule has 0 spiro atoms. The molecule has 2 unspecified atom stereocenters. The molecule has 27 heavy (non-hydrogen) atoms. The Balaban J connectivity index is 2.08. The van der Waals surface area contributed by atoms with Gasteiger partial charge in [0.15, 0.2) is 0 Å². The Kier molecular flexibility index (Phi) is 6.34. The molecule has 144 valence electrons. The second kappa shape index (κ2) is 8.72. The predicted molar refractivity (Wildman–Crippen MR) is 103 cm³/mol. The van der Waals surface area contributed by atoms with Crippen LogP contribution < -0.4 is 4.74 Å². The van der Waals surface area contributed by atoms with Gasteiger partial charge in [-0.25, -0.2) is 4.39 Å². The summed E-state index contributed by atoms with van der Waals surface area (Å²) in [5.41, 5.74) is 1.57. The number of carboxylic acid groups (broad SMARTS) is 1. The summed E-state index contributed by atoms with van der Waals surface area (Å²) in [4.78, 5) is 13.6. The number of halogens is 2. The molecule has 0 amide bonds. The molecule has 1 saturated heterocycles. The Bertz CT molecular complexity index is 814. The normalized spacial score (nSPS) is 18.9. The summed E-state index contributed by atoms with van der Waals surface area (Å²) in [6, 6.07) is 11.5. The molecule has 6 heteroatoms. The number of likely N-dealkylation sites (tertiary alicyclic amines) is 1. The van der Waals surface area contributed by atoms with Crippen LogP contribution in [-0.2, 0) is 4.79 Å². The highest BCUT2D eigenvalue weighted by Gasteiger charge is 2.33. The first-order chi connectivity index (χ1) is 13.0. The van der Waals surface area contributed by atoms with E-state index in [1.807, 2.05) is 25.1 Å². The van der Waals surface area contributed by atoms with Gasteiger partial charge in [0.2, 0.25) is 0 Å². The average Bonchev–Trinajstić information content (AvgIpc) is 2.64. The van der Waals surface area contributed by atoms with Gasteiger partial charge < -0.3 is 9.84 Å². The molecule has 0 saturated carbocycles. The summed E-state index contributed by atoms with van der Waals surface area (Å²) >= 11 is 6.26. The Morgan fingerprint density at radius 2 is 2.19 bits per heavy atom. The summed E-state index contributed by atoms with van der Waals surface area (Å²) in [7, 11) is 0. The van der Waals surface area contributed by atoms with Crippen LogP contribution in [0.25, 0.3) is 0 Å². The summed E-state index contributed by atoms with van der Waals surface area (Å²) in [5, 5.41) is 10.0. The topological polar surface area (TPSA) is 49.8 Å². The minimum atomic E-state index is -0.797. The van der Waals surface area contributed by atoms with Crippen molar-refractivity contribution in [3.8, 4) is 5.75 Å². The van der Waals surface area contributed by atoms with E-state index in [0.717, 1.165) is 24.1 Å². The number of piperidine rings is 1. The Morgan fingerprint density at radius 1 is 1.37 bits per heavy atom. The Labute approximate surface area is 163 Å². The highest BCUT2D eigenvalue weighted by atomic mass is 35.5. The van der Waals surface area contributed by atoms with Gasteiger partial charge in [-0.3, -0.25) is 9.69 Å². The first-order valence-corrected chi connectivity index (χ1v) is 9.52. The molecule has 2 aromatic carbocycles. The van der Waals surface area contributed by atoms with Crippen LogP contribution in [0.15, 0.2) is 42.5 Å². The highest BCUT2D eigenvalue weighted by molar-refractivity contribution is 6.30. The number of hydrogen-bond acceptors (Lipinski definition) is 3. The minimum absolute atomic E-state index is 0.329. The van der Waals surface area contributed by atoms with E-state index >= 15 is 0 Å². The number of ether oxygens (including phenoxy) is 1. The fraction of sp³-hybridized carbons (Fsp3) is 0.381. The molecular formula is C21H23ClFNO3. The molecule has 0 radical (unpaired) electrons. The van der Waals surface area contributed by atoms with Crippen molar-refractivity contribution in [1.29, 1.82) is 0 Å². The smallest absolute Gasteiger partial charge is 0.307 e. The third-order valence-corrected chi connectivity index (χ3v) is 5.13. The maximum absolute atomic E-state index is 14.0. The van der Waals surface area contributed by atoms with Gasteiger partial charge in [0.1, 0.15) is 11.6 Å². The number of benzene rings is 2. The van der Waals surface area contributed by atoms with Gasteiger partial charge in [0.25, 0.3) is 0 Å². The molecule has 1 aliphatic rings. The van der Waals surface area contributed by atoms with Gasteiger partial charge >= 0.3 is 5.97 Å². The second-order valence-corrected chi connectivity index (χ2v) is 7.18. The standard InChI is InChI=1S/C21H23ClFNO3/c1-2-27-19-9-8-16(22)12-18(19)20(14-5-3-7-17(23)11-14)24-10-4-6-15(13-24)21(25)26/h3,5,7-9,11-12,15,20H,2,4,6,10,13H2,1H3,(H,25,26). The molecule has 0 aromatic heterocycles. The third kappa shape index (κ3) is 4.60. The third-order valence-electron chi connectivity index (χ3n) is 4.90. The van der Waals surface area contributed by atoms with E-state index < -0.39 is 11.9 Å². The first kappa shape index (κ1) is 19.6. The summed E-state index contributed by atoms with van der Waals surface area (Å²) in [6.07, 6.45) is 1.42. The van der Waals surface area contributed by atoms with Gasteiger partial charge in [-0.2, -0.15) is 0 Å². The fourth-order valence-electron chi connectivity index (χ4n) is 3.73. The molecule has 0 aliphatic carbocycles. The van der Waals surface area contributed by atoms with Gasteiger partial charge in [0.05, 0.1) is 18.6 Å². The molecule has 4 nitrogen and oxygen atoms in total. The van der Waals surface area contributed by atoms with E-state index in [4.69, 9.17) is 16.3 Å². The lowest BCUT2D eigenvalue weighted by Gasteiger charge is -2.38. The van der Waals surface area contributed by atoms with Gasteiger partial charge in [-0.15, -0.1) is 0 Å². The second-order valence-electron chi connectivity index (χ2n) is 6.75. The lowest BCUT2D eigenvalue weighted by atomic mass is 9.91. The van der Waals surface area contributed by atoms with E-state index in [1.54, 1.807) is 12.1 Å². The number of rotatable bonds is 6. The summed E-state index contributed by atoms with van der Waals surface area (Å²) < 4.78 is 19.8. The molecule has 1 fully saturated rings. The molecule has 0 bridgehead atoms. The van der Waals surface area contributed by atoms with Gasteiger partial charge in [0, 0.05) is 17.1 Å². The lowest BCUT2D eigenvalue weighted by molar-refractivity contribution is -0.143. The van der Waals surface area contributed by atoms with Crippen molar-refractivity contribution in [2.45, 2.75) is 25.8 Å². The van der Waals surface area contributed by atoms with Crippen LogP contribution in [0.5, 0.6) is 5.75 Å². The summed E-state index contributed by atoms with van der Waals surface area (Å²) in [6.45, 7) is 3.51. The van der Waals surface area contributed by atoms with Gasteiger partial charge in [-0.1, -0.05) is 23.7 Å². The van der Waals surface area contributed by atoms with E-state index in [0.29, 0.717) is 30.3 Å². The van der Waals surface area contributed by atoms with Gasteiger partial charge in [-0.05, 0) is 62.2 Å². The molecule has 1 N–H and O–H groups in total. The largest absolute Gasteiger partial charge is 0.494 e. The molecular weight excluding hydrogens is 369 g/mol. The highest BCUT2D eigenvalue weighted by Crippen LogP contribution is 2.38. The van der Waals surface area contributed by atoms with E-state index in [2.05, 4.69) is 4.90 Å². The van der Waals surface area contributed by atoms with Crippen molar-refractivity contribution in [3.05, 3.63) is 64.4 Å². The SMILES string of the molecule is CCOc1ccc(Cl)cc1C(c1cccc(F)c1)N1CCCC(C(=O)O)C1. The van der Waals surface area contributed by atoms with Crippen LogP contribution in [0.4, 0.5) is 4.39 Å². The number of carbonyl (C=O) groups is 1. The minimum Gasteiger partial charge on any atom is -0.494 e. The fourth-order valence-corrected chi connectivity index (χ4v) is 3.91. The van der Waals surface area contributed by atoms with E-state index in [-0.39, 0.29) is 11.9 Å². The van der Waals surface area contributed by atoms with Crippen LogP contribution in [0.2, 0.25) is 5.02 Å². The maximum Gasteiger partial charge on any atom is 0.307 e. The van der Waals surface area contributed by atoms with Crippen LogP contribution >= 0.6 is 11.6 Å². The van der Waals surface area contributed by atoms with Crippen molar-refractivity contribution in [2.75, 3.05) is 19.7 Å². The number of carboxylic acids is 1. The first-order valence-electron chi connectivity index (χ1n) is 9.14. The average molecular weight is 392 g/mol. The van der Waals surface area contributed by atoms with E-state index in [9.17, 15) is 14.3 Å². The van der Waals surface area contributed by atoms with Crippen molar-refractivity contribution < 1.29 is 19.0 Å². The number of aliphatic carboxylic acids is 1. The maximum atomic E-state index is 14.0. The lowest BCUT2D eigenvalue weighted by Crippen LogP contribution is -2.41. The quantitative estimate of drug-likeness (QED) is 0.771. The van der Waals surface area contributed by atoms with Crippen LogP contribution in [-0.4, -0.2) is 35.7 Å². The van der Waals surface area contributed by atoms with Crippen LogP contribution in [0.1, 0.15) is 36.9 Å². The van der Waals surface area contributed by atoms with Crippen molar-refractivity contribution in [3.63, 3.8) is 0 Å². The Morgan fingerprint density at radius 3 is 2.89 bits per heavy atom. The monoisotopic (exact) mass is 391 g/mol. The zero-order chi connectivity index (χ0) is 19.4. The van der Waals surface area contributed by atoms with Crippen molar-refractivity contribution in [2.24, 2.45) is 5.92 Å². The van der Waals surface area contributed by atoms with Crippen molar-refractivity contribution >= 4 is 17.6 Å². The molecule has 2 atom stereocenters. The van der Waals surface area contributed by atoms with E-state index in [1.165, 1.54) is 12.1 Å². The van der Waals surface area contributed by atoms with Crippen LogP contribution in [0, 0.1) is 11.7 Å². The molecule has 1 heterocycles. The Hall–Kier alpha value is -2.11. The summed E-state index contributed by atoms with van der Waals surface area (Å²) in [5.74, 6) is -0.892. The number of nitrogens with zero attached hydrogens (tertiary/aromatic N) is 1. The number of hydrogen-bond donors (Lipinski definition) is 1.